The van der Waals surface area contributed by atoms with Gasteiger partial charge in [-0.1, -0.05) is 214 Å². The Morgan fingerprint density at radius 1 is 0.361 bits per heavy atom. The lowest BCUT2D eigenvalue weighted by atomic mass is 10.0. The molecular weight excluding hydrogens is 757 g/mol. The topological polar surface area (TPSA) is 78.9 Å². The number of ether oxygens (including phenoxy) is 3. The minimum atomic E-state index is -0.824. The van der Waals surface area contributed by atoms with Crippen LogP contribution in [0.4, 0.5) is 0 Å². The van der Waals surface area contributed by atoms with Gasteiger partial charge in [-0.2, -0.15) is 0 Å². The van der Waals surface area contributed by atoms with Gasteiger partial charge in [0.2, 0.25) is 0 Å². The van der Waals surface area contributed by atoms with Crippen molar-refractivity contribution in [2.75, 3.05) is 13.2 Å². The molecule has 0 aromatic heterocycles. The minimum Gasteiger partial charge on any atom is -0.462 e. The van der Waals surface area contributed by atoms with Gasteiger partial charge in [0.25, 0.3) is 0 Å². The molecule has 0 radical (unpaired) electrons. The van der Waals surface area contributed by atoms with Crippen LogP contribution in [0.2, 0.25) is 0 Å². The molecule has 346 valence electrons. The van der Waals surface area contributed by atoms with E-state index in [2.05, 4.69) is 106 Å². The molecular formula is C55H90O6. The van der Waals surface area contributed by atoms with Gasteiger partial charge in [0, 0.05) is 12.8 Å². The van der Waals surface area contributed by atoms with Crippen molar-refractivity contribution in [3.05, 3.63) is 97.2 Å². The predicted octanol–water partition coefficient (Wildman–Crippen LogP) is 16.2. The molecule has 0 rings (SSSR count). The van der Waals surface area contributed by atoms with E-state index in [4.69, 9.17) is 14.2 Å². The van der Waals surface area contributed by atoms with Crippen LogP contribution >= 0.6 is 0 Å². The van der Waals surface area contributed by atoms with Gasteiger partial charge in [-0.15, -0.1) is 0 Å². The summed E-state index contributed by atoms with van der Waals surface area (Å²) in [5, 5.41) is 0. The van der Waals surface area contributed by atoms with Gasteiger partial charge in [0.05, 0.1) is 6.42 Å². The van der Waals surface area contributed by atoms with Gasteiger partial charge in [-0.25, -0.2) is 0 Å². The third kappa shape index (κ3) is 47.2. The van der Waals surface area contributed by atoms with Gasteiger partial charge in [-0.05, 0) is 77.0 Å². The Morgan fingerprint density at radius 2 is 0.705 bits per heavy atom. The van der Waals surface area contributed by atoms with E-state index in [0.29, 0.717) is 12.8 Å². The fourth-order valence-electron chi connectivity index (χ4n) is 6.47. The maximum Gasteiger partial charge on any atom is 0.309 e. The molecule has 1 atom stereocenters. The molecule has 0 saturated carbocycles. The molecule has 0 aromatic rings. The van der Waals surface area contributed by atoms with E-state index >= 15 is 0 Å². The number of hydrogen-bond acceptors (Lipinski definition) is 6. The maximum atomic E-state index is 12.8. The van der Waals surface area contributed by atoms with E-state index in [1.165, 1.54) is 77.0 Å². The Balaban J connectivity index is 4.44. The average Bonchev–Trinajstić information content (AvgIpc) is 3.26. The fraction of sp³-hybridized carbons (Fsp3) is 0.655. The summed E-state index contributed by atoms with van der Waals surface area (Å²) in [4.78, 5) is 37.8. The van der Waals surface area contributed by atoms with E-state index in [-0.39, 0.29) is 31.6 Å². The van der Waals surface area contributed by atoms with Crippen LogP contribution in [-0.4, -0.2) is 37.2 Å². The quantitative estimate of drug-likeness (QED) is 0.0263. The summed E-state index contributed by atoms with van der Waals surface area (Å²) in [5.41, 5.74) is 0. The number of carbonyl (C=O) groups excluding carboxylic acids is 3. The number of unbranched alkanes of at least 4 members (excludes halogenated alkanes) is 17. The number of carbonyl (C=O) groups is 3. The molecule has 0 aliphatic rings. The summed E-state index contributed by atoms with van der Waals surface area (Å²) >= 11 is 0. The van der Waals surface area contributed by atoms with E-state index < -0.39 is 12.1 Å². The van der Waals surface area contributed by atoms with Gasteiger partial charge >= 0.3 is 17.9 Å². The van der Waals surface area contributed by atoms with Crippen molar-refractivity contribution in [2.24, 2.45) is 0 Å². The summed E-state index contributed by atoms with van der Waals surface area (Å²) in [6, 6.07) is 0. The molecule has 61 heavy (non-hydrogen) atoms. The zero-order valence-corrected chi connectivity index (χ0v) is 39.4. The molecule has 0 aliphatic carbocycles. The van der Waals surface area contributed by atoms with Gasteiger partial charge in [0.15, 0.2) is 6.10 Å². The highest BCUT2D eigenvalue weighted by Crippen LogP contribution is 2.15. The van der Waals surface area contributed by atoms with Crippen LogP contribution in [0.15, 0.2) is 97.2 Å². The Morgan fingerprint density at radius 3 is 1.15 bits per heavy atom. The molecule has 0 fully saturated rings. The molecule has 6 nitrogen and oxygen atoms in total. The molecule has 0 amide bonds. The van der Waals surface area contributed by atoms with Crippen LogP contribution in [0.1, 0.15) is 213 Å². The molecule has 0 heterocycles. The van der Waals surface area contributed by atoms with Crippen LogP contribution in [0.5, 0.6) is 0 Å². The first-order valence-corrected chi connectivity index (χ1v) is 24.7. The van der Waals surface area contributed by atoms with E-state index in [0.717, 1.165) is 96.3 Å². The Bertz CT molecular complexity index is 1250. The van der Waals surface area contributed by atoms with Crippen molar-refractivity contribution in [3.63, 3.8) is 0 Å². The third-order valence-electron chi connectivity index (χ3n) is 10.1. The van der Waals surface area contributed by atoms with Crippen molar-refractivity contribution in [1.82, 2.24) is 0 Å². The zero-order valence-electron chi connectivity index (χ0n) is 39.4. The molecule has 1 unspecified atom stereocenters. The SMILES string of the molecule is CC/C=C\C/C=C\C/C=C\C/C=C\C/C=C\CCCCCC(=O)OCC(COC(=O)C/C=C\C/C=C\C/C=C\CC)OC(=O)CCCCCCCCCCCCCCCCC. The molecule has 0 aliphatic heterocycles. The average molecular weight is 847 g/mol. The molecule has 0 saturated heterocycles. The smallest absolute Gasteiger partial charge is 0.309 e. The first-order valence-electron chi connectivity index (χ1n) is 24.7. The monoisotopic (exact) mass is 847 g/mol. The Kier molecular flexibility index (Phi) is 46.0. The highest BCUT2D eigenvalue weighted by molar-refractivity contribution is 5.72. The van der Waals surface area contributed by atoms with E-state index in [1.54, 1.807) is 6.08 Å². The zero-order chi connectivity index (χ0) is 44.4. The summed E-state index contributed by atoms with van der Waals surface area (Å²) in [7, 11) is 0. The van der Waals surface area contributed by atoms with Crippen LogP contribution in [0.25, 0.3) is 0 Å². The standard InChI is InChI=1S/C55H90O6/c1-4-7-10-13-16-19-21-23-25-26-27-28-30-31-33-36-39-42-45-48-54(57)60-51-52(50-59-53(56)47-44-41-38-35-18-15-12-9-6-3)61-55(58)49-46-43-40-37-34-32-29-24-22-20-17-14-11-8-5-2/h7,9-10,12,16,18-19,23,25,27-28,31,33,35,41,44,52H,4-6,8,11,13-15,17,20-22,24,26,29-30,32,34,36-40,42-43,45-51H2,1-3H3/b10-7-,12-9-,19-16-,25-23-,28-27-,33-31-,35-18-,44-41-. The second-order valence-electron chi connectivity index (χ2n) is 16.0. The number of rotatable bonds is 43. The van der Waals surface area contributed by atoms with Gasteiger partial charge < -0.3 is 14.2 Å². The number of allylic oxidation sites excluding steroid dienone is 15. The van der Waals surface area contributed by atoms with Crippen LogP contribution in [-0.2, 0) is 28.6 Å². The van der Waals surface area contributed by atoms with Crippen molar-refractivity contribution in [3.8, 4) is 0 Å². The second-order valence-corrected chi connectivity index (χ2v) is 16.0. The van der Waals surface area contributed by atoms with Crippen LogP contribution < -0.4 is 0 Å². The summed E-state index contributed by atoms with van der Waals surface area (Å²) < 4.78 is 16.6. The van der Waals surface area contributed by atoms with Crippen molar-refractivity contribution < 1.29 is 28.6 Å². The van der Waals surface area contributed by atoms with Crippen molar-refractivity contribution in [2.45, 2.75) is 219 Å². The number of esters is 3. The lowest BCUT2D eigenvalue weighted by Crippen LogP contribution is -2.30. The second kappa shape index (κ2) is 49.0. The minimum absolute atomic E-state index is 0.121. The fourth-order valence-corrected chi connectivity index (χ4v) is 6.47. The predicted molar refractivity (Wildman–Crippen MR) is 260 cm³/mol. The third-order valence-corrected chi connectivity index (χ3v) is 10.1. The Labute approximate surface area is 375 Å². The normalized spacial score (nSPS) is 12.9. The van der Waals surface area contributed by atoms with Gasteiger partial charge in [0.1, 0.15) is 13.2 Å². The van der Waals surface area contributed by atoms with Crippen molar-refractivity contribution in [1.29, 1.82) is 0 Å². The lowest BCUT2D eigenvalue weighted by molar-refractivity contribution is -0.166. The largest absolute Gasteiger partial charge is 0.462 e. The van der Waals surface area contributed by atoms with Crippen LogP contribution in [0, 0.1) is 0 Å². The summed E-state index contributed by atoms with van der Waals surface area (Å²) in [6.45, 7) is 6.27. The molecule has 6 heteroatoms. The lowest BCUT2D eigenvalue weighted by Gasteiger charge is -2.18. The van der Waals surface area contributed by atoms with Crippen LogP contribution in [0.3, 0.4) is 0 Å². The van der Waals surface area contributed by atoms with E-state index in [9.17, 15) is 14.4 Å². The maximum absolute atomic E-state index is 12.8. The summed E-state index contributed by atoms with van der Waals surface area (Å²) in [6.07, 6.45) is 64.3. The molecule has 0 spiro atoms. The first-order chi connectivity index (χ1) is 30.0. The Hall–Kier alpha value is -3.67. The highest BCUT2D eigenvalue weighted by Gasteiger charge is 2.19. The molecule has 0 aromatic carbocycles. The van der Waals surface area contributed by atoms with Gasteiger partial charge in [-0.3, -0.25) is 14.4 Å². The molecule has 0 N–H and O–H groups in total. The first kappa shape index (κ1) is 57.3. The highest BCUT2D eigenvalue weighted by atomic mass is 16.6. The molecule has 0 bridgehead atoms. The number of hydrogen-bond donors (Lipinski definition) is 0. The van der Waals surface area contributed by atoms with Crippen molar-refractivity contribution >= 4 is 17.9 Å². The summed E-state index contributed by atoms with van der Waals surface area (Å²) in [5.74, 6) is -1.08. The van der Waals surface area contributed by atoms with E-state index in [1.807, 2.05) is 6.08 Å².